The number of amides is 1. The van der Waals surface area contributed by atoms with Crippen molar-refractivity contribution in [2.45, 2.75) is 48.4 Å². The number of carbonyl (C=O) groups excluding carboxylic acids is 1. The number of anilines is 1. The Morgan fingerprint density at radius 1 is 1.16 bits per heavy atom. The quantitative estimate of drug-likeness (QED) is 0.540. The van der Waals surface area contributed by atoms with Gasteiger partial charge in [0.1, 0.15) is 0 Å². The summed E-state index contributed by atoms with van der Waals surface area (Å²) < 4.78 is 53.8. The molecule has 0 aromatic heterocycles. The largest absolute Gasteiger partial charge is 0.390 e. The molecule has 0 radical (unpaired) electrons. The van der Waals surface area contributed by atoms with Crippen LogP contribution in [0.15, 0.2) is 39.7 Å². The van der Waals surface area contributed by atoms with E-state index in [1.807, 2.05) is 0 Å². The van der Waals surface area contributed by atoms with Crippen molar-refractivity contribution in [2.75, 3.05) is 5.32 Å². The van der Waals surface area contributed by atoms with Crippen molar-refractivity contribution in [1.29, 1.82) is 0 Å². The van der Waals surface area contributed by atoms with Gasteiger partial charge in [0, 0.05) is 16.2 Å². The van der Waals surface area contributed by atoms with Gasteiger partial charge in [0.05, 0.1) is 26.3 Å². The molecule has 2 fully saturated rings. The summed E-state index contributed by atoms with van der Waals surface area (Å²) in [4.78, 5) is 12.6. The molecule has 2 aromatic carbocycles. The Bertz CT molecular complexity index is 1190. The van der Waals surface area contributed by atoms with Crippen molar-refractivity contribution < 1.29 is 27.1 Å². The molecule has 0 aliphatic heterocycles. The number of aliphatic hydroxyl groups is 1. The van der Waals surface area contributed by atoms with Gasteiger partial charge in [-0.05, 0) is 84.6 Å². The molecule has 2 N–H and O–H groups in total. The molecule has 2 aliphatic carbocycles. The zero-order valence-corrected chi connectivity index (χ0v) is 20.2. The molecule has 2 bridgehead atoms. The fraction of sp³-hybridized carbons (Fsp3) is 0.409. The Kier molecular flexibility index (Phi) is 6.15. The molecule has 2 saturated carbocycles. The molecule has 2 aromatic rings. The number of rotatable bonds is 4. The monoisotopic (exact) mass is 547 g/mol. The number of benzene rings is 2. The lowest BCUT2D eigenvalue weighted by Crippen LogP contribution is -2.45. The molecule has 32 heavy (non-hydrogen) atoms. The van der Waals surface area contributed by atoms with Crippen molar-refractivity contribution in [1.82, 2.24) is 0 Å². The molecule has 5 nitrogen and oxygen atoms in total. The van der Waals surface area contributed by atoms with Gasteiger partial charge in [-0.1, -0.05) is 11.6 Å². The Labute approximate surface area is 198 Å². The summed E-state index contributed by atoms with van der Waals surface area (Å²) in [7, 11) is -3.88. The first-order chi connectivity index (χ1) is 14.9. The lowest BCUT2D eigenvalue weighted by atomic mass is 9.76. The third-order valence-electron chi connectivity index (χ3n) is 6.80. The number of carbonyl (C=O) groups is 1. The van der Waals surface area contributed by atoms with Crippen molar-refractivity contribution in [3.8, 4) is 0 Å². The maximum atomic E-state index is 13.5. The van der Waals surface area contributed by atoms with Crippen molar-refractivity contribution in [2.24, 2.45) is 11.8 Å². The first-order valence-corrected chi connectivity index (χ1v) is 12.8. The van der Waals surface area contributed by atoms with E-state index in [2.05, 4.69) is 21.2 Å². The molecule has 10 heteroatoms. The predicted octanol–water partition coefficient (Wildman–Crippen LogP) is 5.35. The van der Waals surface area contributed by atoms with E-state index in [0.717, 1.165) is 25.0 Å². The van der Waals surface area contributed by atoms with Crippen LogP contribution >= 0.6 is 27.5 Å². The Balaban J connectivity index is 1.65. The van der Waals surface area contributed by atoms with Crippen LogP contribution in [0.1, 0.15) is 43.0 Å². The van der Waals surface area contributed by atoms with E-state index in [1.165, 1.54) is 18.2 Å². The van der Waals surface area contributed by atoms with Gasteiger partial charge in [-0.15, -0.1) is 0 Å². The van der Waals surface area contributed by atoms with Gasteiger partial charge in [-0.25, -0.2) is 17.2 Å². The summed E-state index contributed by atoms with van der Waals surface area (Å²) in [6, 6.07) is 5.44. The van der Waals surface area contributed by atoms with Crippen LogP contribution in [-0.4, -0.2) is 30.3 Å². The van der Waals surface area contributed by atoms with Crippen molar-refractivity contribution in [3.63, 3.8) is 0 Å². The summed E-state index contributed by atoms with van der Waals surface area (Å²) >= 11 is 9.49. The van der Waals surface area contributed by atoms with Crippen molar-refractivity contribution in [3.05, 3.63) is 57.0 Å². The molecule has 1 amide bonds. The van der Waals surface area contributed by atoms with Crippen molar-refractivity contribution >= 4 is 49.0 Å². The maximum Gasteiger partial charge on any atom is 0.256 e. The lowest BCUT2D eigenvalue weighted by Gasteiger charge is -2.40. The van der Waals surface area contributed by atoms with Gasteiger partial charge in [0.2, 0.25) is 0 Å². The number of sulfone groups is 1. The standard InChI is InChI=1S/C22H21BrClF2NO4S/c1-22(29)11-2-3-12(22)7-14(6-11)32(30,31)20-9-15(16(23)10-17(20)24)21(28)27-13-4-5-18(25)19(26)8-13/h4-5,8-12,14,29H,2-3,6-7H2,1H3,(H,27,28)/t11-,12?,14-,22-/m0/s1. The van der Waals surface area contributed by atoms with E-state index < -0.39 is 38.2 Å². The van der Waals surface area contributed by atoms with Crippen LogP contribution in [-0.2, 0) is 9.84 Å². The lowest BCUT2D eigenvalue weighted by molar-refractivity contribution is -0.0413. The molecule has 0 heterocycles. The average molecular weight is 549 g/mol. The molecule has 2 aliphatic rings. The van der Waals surface area contributed by atoms with Crippen LogP contribution < -0.4 is 5.32 Å². The normalized spacial score (nSPS) is 27.4. The van der Waals surface area contributed by atoms with Crippen LogP contribution in [0.2, 0.25) is 5.02 Å². The minimum Gasteiger partial charge on any atom is -0.390 e. The highest BCUT2D eigenvalue weighted by Crippen LogP contribution is 2.52. The second kappa shape index (κ2) is 8.34. The van der Waals surface area contributed by atoms with Crippen LogP contribution in [0.3, 0.4) is 0 Å². The van der Waals surface area contributed by atoms with Crippen LogP contribution in [0.4, 0.5) is 14.5 Å². The Morgan fingerprint density at radius 2 is 1.78 bits per heavy atom. The number of hydrogen-bond acceptors (Lipinski definition) is 4. The third kappa shape index (κ3) is 4.08. The van der Waals surface area contributed by atoms with Gasteiger partial charge < -0.3 is 10.4 Å². The van der Waals surface area contributed by atoms with Gasteiger partial charge in [-0.2, -0.15) is 0 Å². The smallest absolute Gasteiger partial charge is 0.256 e. The molecule has 0 spiro atoms. The first-order valence-electron chi connectivity index (χ1n) is 10.1. The minimum atomic E-state index is -3.88. The van der Waals surface area contributed by atoms with E-state index in [9.17, 15) is 27.1 Å². The molecule has 0 saturated heterocycles. The molecule has 4 rings (SSSR count). The van der Waals surface area contributed by atoms with E-state index in [0.29, 0.717) is 12.8 Å². The predicted molar refractivity (Wildman–Crippen MR) is 121 cm³/mol. The van der Waals surface area contributed by atoms with Gasteiger partial charge in [-0.3, -0.25) is 4.79 Å². The highest BCUT2D eigenvalue weighted by atomic mass is 79.9. The molecule has 4 atom stereocenters. The van der Waals surface area contributed by atoms with E-state index >= 15 is 0 Å². The summed E-state index contributed by atoms with van der Waals surface area (Å²) in [5, 5.41) is 12.4. The molecular formula is C22H21BrClF2NO4S. The zero-order valence-electron chi connectivity index (χ0n) is 17.0. The summed E-state index contributed by atoms with van der Waals surface area (Å²) in [6.45, 7) is 1.77. The Hall–Kier alpha value is -1.55. The second-order valence-corrected chi connectivity index (χ2v) is 12.1. The van der Waals surface area contributed by atoms with Crippen LogP contribution in [0.5, 0.6) is 0 Å². The highest BCUT2D eigenvalue weighted by Gasteiger charge is 2.53. The first kappa shape index (κ1) is 23.6. The van der Waals surface area contributed by atoms with Gasteiger partial charge in [0.25, 0.3) is 5.91 Å². The summed E-state index contributed by atoms with van der Waals surface area (Å²) in [5.74, 6) is -3.09. The number of fused-ring (bicyclic) bond motifs is 2. The third-order valence-corrected chi connectivity index (χ3v) is 10.1. The van der Waals surface area contributed by atoms with E-state index in [4.69, 9.17) is 11.6 Å². The van der Waals surface area contributed by atoms with E-state index in [-0.39, 0.29) is 37.5 Å². The van der Waals surface area contributed by atoms with Gasteiger partial charge >= 0.3 is 0 Å². The van der Waals surface area contributed by atoms with Gasteiger partial charge in [0.15, 0.2) is 21.5 Å². The average Bonchev–Trinajstić information content (AvgIpc) is 2.87. The van der Waals surface area contributed by atoms with Crippen LogP contribution in [0.25, 0.3) is 0 Å². The molecule has 172 valence electrons. The molecule has 1 unspecified atom stereocenters. The number of nitrogens with one attached hydrogen (secondary N) is 1. The topological polar surface area (TPSA) is 83.5 Å². The minimum absolute atomic E-state index is 0.0107. The SMILES string of the molecule is C[C@@]1(O)C2CC[C@H]1C[C@H](S(=O)(=O)c1cc(C(=O)Nc3ccc(F)c(F)c3)c(Br)cc1Cl)C2. The molecular weight excluding hydrogens is 528 g/mol. The number of hydrogen-bond donors (Lipinski definition) is 2. The summed E-state index contributed by atoms with van der Waals surface area (Å²) in [5.41, 5.74) is -0.861. The highest BCUT2D eigenvalue weighted by molar-refractivity contribution is 9.10. The summed E-state index contributed by atoms with van der Waals surface area (Å²) in [6.07, 6.45) is 2.21. The fourth-order valence-electron chi connectivity index (χ4n) is 4.89. The number of halogens is 4. The van der Waals surface area contributed by atoms with E-state index in [1.54, 1.807) is 6.92 Å². The van der Waals surface area contributed by atoms with Crippen LogP contribution in [0, 0.1) is 23.5 Å². The zero-order chi connectivity index (χ0) is 23.4. The Morgan fingerprint density at radius 3 is 2.38 bits per heavy atom. The fourth-order valence-corrected chi connectivity index (χ4v) is 7.98. The maximum absolute atomic E-state index is 13.5. The second-order valence-electron chi connectivity index (χ2n) is 8.68.